The molecule has 1 aromatic heterocycles. The van der Waals surface area contributed by atoms with E-state index in [0.717, 1.165) is 4.47 Å². The number of pyridine rings is 1. The van der Waals surface area contributed by atoms with Crippen LogP contribution in [0.4, 0.5) is 13.2 Å². The van der Waals surface area contributed by atoms with Gasteiger partial charge in [0.25, 0.3) is 0 Å². The number of nitrogens with two attached hydrogens (primary N) is 1. The minimum absolute atomic E-state index is 0.284. The molecule has 0 amide bonds. The Labute approximate surface area is 93.0 Å². The van der Waals surface area contributed by atoms with E-state index in [1.54, 1.807) is 11.5 Å². The molecule has 0 aliphatic heterocycles. The zero-order valence-electron chi connectivity index (χ0n) is 7.55. The van der Waals surface area contributed by atoms with E-state index < -0.39 is 12.2 Å². The van der Waals surface area contributed by atoms with Gasteiger partial charge in [-0.25, -0.2) is 5.43 Å². The first kappa shape index (κ1) is 12.4. The fourth-order valence-electron chi connectivity index (χ4n) is 1.01. The van der Waals surface area contributed by atoms with Crippen LogP contribution in [0, 0.1) is 0 Å². The van der Waals surface area contributed by atoms with Crippen LogP contribution in [0.2, 0.25) is 0 Å². The molecule has 0 radical (unpaired) electrons. The molecule has 0 fully saturated rings. The Bertz CT molecular complexity index is 312. The molecule has 0 aromatic carbocycles. The molecule has 1 rings (SSSR count). The summed E-state index contributed by atoms with van der Waals surface area (Å²) in [6.07, 6.45) is -3.21. The fraction of sp³-hybridized carbons (Fsp3) is 0.375. The van der Waals surface area contributed by atoms with Gasteiger partial charge in [-0.3, -0.25) is 10.8 Å². The molecular formula is C8H9BrF3N3. The Kier molecular flexibility index (Phi) is 4.06. The van der Waals surface area contributed by atoms with Crippen molar-refractivity contribution in [3.05, 3.63) is 28.5 Å². The second-order valence-corrected chi connectivity index (χ2v) is 3.85. The van der Waals surface area contributed by atoms with Crippen molar-refractivity contribution in [3.63, 3.8) is 0 Å². The van der Waals surface area contributed by atoms with Gasteiger partial charge in [-0.15, -0.1) is 0 Å². The normalized spacial score (nSPS) is 13.9. The van der Waals surface area contributed by atoms with Gasteiger partial charge in [0.1, 0.15) is 6.04 Å². The summed E-state index contributed by atoms with van der Waals surface area (Å²) in [5.41, 5.74) is 2.06. The van der Waals surface area contributed by atoms with Gasteiger partial charge in [0.05, 0.1) is 0 Å². The molecule has 3 N–H and O–H groups in total. The maximum Gasteiger partial charge on any atom is 0.405 e. The Morgan fingerprint density at radius 1 is 1.47 bits per heavy atom. The van der Waals surface area contributed by atoms with Crippen LogP contribution in [0.15, 0.2) is 22.8 Å². The highest BCUT2D eigenvalue weighted by atomic mass is 79.9. The van der Waals surface area contributed by atoms with Gasteiger partial charge in [-0.05, 0) is 28.1 Å². The van der Waals surface area contributed by atoms with Gasteiger partial charge in [0.15, 0.2) is 0 Å². The molecule has 7 heteroatoms. The molecule has 0 saturated heterocycles. The SMILES string of the molecule is NNC(Cc1ccc(Br)cn1)C(F)(F)F. The highest BCUT2D eigenvalue weighted by Gasteiger charge is 2.39. The van der Waals surface area contributed by atoms with Crippen LogP contribution in [0.1, 0.15) is 5.69 Å². The van der Waals surface area contributed by atoms with Crippen LogP contribution < -0.4 is 11.3 Å². The van der Waals surface area contributed by atoms with Crippen LogP contribution >= 0.6 is 15.9 Å². The molecule has 0 aliphatic rings. The van der Waals surface area contributed by atoms with E-state index in [4.69, 9.17) is 5.84 Å². The number of aromatic nitrogens is 1. The Morgan fingerprint density at radius 2 is 2.13 bits per heavy atom. The van der Waals surface area contributed by atoms with Gasteiger partial charge >= 0.3 is 6.18 Å². The first-order valence-electron chi connectivity index (χ1n) is 4.06. The van der Waals surface area contributed by atoms with E-state index in [1.165, 1.54) is 12.3 Å². The van der Waals surface area contributed by atoms with Crippen LogP contribution in [-0.2, 0) is 6.42 Å². The van der Waals surface area contributed by atoms with Crippen LogP contribution in [0.3, 0.4) is 0 Å². The van der Waals surface area contributed by atoms with E-state index in [9.17, 15) is 13.2 Å². The minimum atomic E-state index is -4.37. The number of hydrazine groups is 1. The zero-order valence-corrected chi connectivity index (χ0v) is 9.14. The van der Waals surface area contributed by atoms with E-state index in [-0.39, 0.29) is 6.42 Å². The highest BCUT2D eigenvalue weighted by Crippen LogP contribution is 2.22. The van der Waals surface area contributed by atoms with Crippen LogP contribution in [0.5, 0.6) is 0 Å². The molecule has 1 aromatic rings. The summed E-state index contributed by atoms with van der Waals surface area (Å²) in [7, 11) is 0. The van der Waals surface area contributed by atoms with Gasteiger partial charge in [-0.2, -0.15) is 13.2 Å². The number of hydrogen-bond acceptors (Lipinski definition) is 3. The van der Waals surface area contributed by atoms with Crippen LogP contribution in [0.25, 0.3) is 0 Å². The number of rotatable bonds is 3. The lowest BCUT2D eigenvalue weighted by Crippen LogP contribution is -2.47. The second kappa shape index (κ2) is 4.91. The molecule has 0 saturated carbocycles. The molecule has 3 nitrogen and oxygen atoms in total. The average Bonchev–Trinajstić information content (AvgIpc) is 2.15. The molecule has 84 valence electrons. The van der Waals surface area contributed by atoms with Gasteiger partial charge in [0, 0.05) is 22.8 Å². The molecule has 0 aliphatic carbocycles. The van der Waals surface area contributed by atoms with Crippen LogP contribution in [-0.4, -0.2) is 17.2 Å². The summed E-state index contributed by atoms with van der Waals surface area (Å²) in [6.45, 7) is 0. The summed E-state index contributed by atoms with van der Waals surface area (Å²) in [4.78, 5) is 3.84. The lowest BCUT2D eigenvalue weighted by Gasteiger charge is -2.18. The van der Waals surface area contributed by atoms with E-state index in [1.807, 2.05) is 0 Å². The molecule has 1 unspecified atom stereocenters. The summed E-state index contributed by atoms with van der Waals surface area (Å²) in [5.74, 6) is 4.83. The number of nitrogens with zero attached hydrogens (tertiary/aromatic N) is 1. The molecule has 1 heterocycles. The number of halogens is 4. The number of nitrogens with one attached hydrogen (secondary N) is 1. The van der Waals surface area contributed by atoms with Gasteiger partial charge < -0.3 is 0 Å². The van der Waals surface area contributed by atoms with Crippen molar-refractivity contribution >= 4 is 15.9 Å². The van der Waals surface area contributed by atoms with Crippen molar-refractivity contribution in [2.75, 3.05) is 0 Å². The zero-order chi connectivity index (χ0) is 11.5. The first-order valence-corrected chi connectivity index (χ1v) is 4.86. The lowest BCUT2D eigenvalue weighted by molar-refractivity contribution is -0.155. The first-order chi connectivity index (χ1) is 6.93. The minimum Gasteiger partial charge on any atom is -0.271 e. The van der Waals surface area contributed by atoms with Crippen molar-refractivity contribution in [3.8, 4) is 0 Å². The van der Waals surface area contributed by atoms with Crippen molar-refractivity contribution in [2.45, 2.75) is 18.6 Å². The molecule has 0 spiro atoms. The highest BCUT2D eigenvalue weighted by molar-refractivity contribution is 9.10. The Balaban J connectivity index is 2.71. The second-order valence-electron chi connectivity index (χ2n) is 2.93. The van der Waals surface area contributed by atoms with Crippen molar-refractivity contribution in [1.82, 2.24) is 10.4 Å². The third-order valence-electron chi connectivity index (χ3n) is 1.80. The molecule has 1 atom stereocenters. The molecular weight excluding hydrogens is 275 g/mol. The Morgan fingerprint density at radius 3 is 2.53 bits per heavy atom. The van der Waals surface area contributed by atoms with Gasteiger partial charge in [0.2, 0.25) is 0 Å². The maximum absolute atomic E-state index is 12.3. The smallest absolute Gasteiger partial charge is 0.271 e. The quantitative estimate of drug-likeness (QED) is 0.657. The number of alkyl halides is 3. The largest absolute Gasteiger partial charge is 0.405 e. The topological polar surface area (TPSA) is 50.9 Å². The monoisotopic (exact) mass is 283 g/mol. The Hall–Kier alpha value is -0.660. The predicted octanol–water partition coefficient (Wildman–Crippen LogP) is 1.78. The summed E-state index contributed by atoms with van der Waals surface area (Å²) >= 11 is 3.14. The third-order valence-corrected chi connectivity index (χ3v) is 2.27. The lowest BCUT2D eigenvalue weighted by atomic mass is 10.1. The molecule has 0 bridgehead atoms. The third kappa shape index (κ3) is 3.77. The van der Waals surface area contributed by atoms with Crippen molar-refractivity contribution in [2.24, 2.45) is 5.84 Å². The average molecular weight is 284 g/mol. The standard InChI is InChI=1S/C8H9BrF3N3/c9-5-1-2-6(14-4-5)3-7(15-13)8(10,11)12/h1-2,4,7,15H,3,13H2. The van der Waals surface area contributed by atoms with Crippen molar-refractivity contribution < 1.29 is 13.2 Å². The maximum atomic E-state index is 12.3. The number of hydrogen-bond donors (Lipinski definition) is 2. The predicted molar refractivity (Wildman–Crippen MR) is 52.8 cm³/mol. The van der Waals surface area contributed by atoms with Crippen molar-refractivity contribution in [1.29, 1.82) is 0 Å². The summed E-state index contributed by atoms with van der Waals surface area (Å²) < 4.78 is 37.6. The van der Waals surface area contributed by atoms with E-state index >= 15 is 0 Å². The van der Waals surface area contributed by atoms with E-state index in [0.29, 0.717) is 5.69 Å². The van der Waals surface area contributed by atoms with Gasteiger partial charge in [-0.1, -0.05) is 0 Å². The summed E-state index contributed by atoms with van der Waals surface area (Å²) in [6, 6.07) is 1.37. The fourth-order valence-corrected chi connectivity index (χ4v) is 1.24. The molecule has 15 heavy (non-hydrogen) atoms. The van der Waals surface area contributed by atoms with E-state index in [2.05, 4.69) is 20.9 Å². The summed E-state index contributed by atoms with van der Waals surface area (Å²) in [5, 5.41) is 0.